The molecule has 45 heavy (non-hydrogen) atoms. The number of esters is 1. The summed E-state index contributed by atoms with van der Waals surface area (Å²) in [6.07, 6.45) is 7.53. The number of allylic oxidation sites excluding steroid dienone is 1. The molecule has 0 radical (unpaired) electrons. The molecule has 1 unspecified atom stereocenters. The Morgan fingerprint density at radius 1 is 1.09 bits per heavy atom. The molecule has 9 atom stereocenters. The highest BCUT2D eigenvalue weighted by molar-refractivity contribution is 5.99. The van der Waals surface area contributed by atoms with Crippen molar-refractivity contribution in [1.82, 2.24) is 15.1 Å². The van der Waals surface area contributed by atoms with Crippen molar-refractivity contribution in [2.45, 2.75) is 88.4 Å². The number of hydrogen-bond acceptors (Lipinski definition) is 8. The first-order valence-corrected chi connectivity index (χ1v) is 16.0. The average Bonchev–Trinajstić information content (AvgIpc) is 3.42. The molecule has 11 heteroatoms. The van der Waals surface area contributed by atoms with Crippen molar-refractivity contribution in [3.8, 4) is 0 Å². The number of aliphatic hydroxyl groups is 1. The van der Waals surface area contributed by atoms with E-state index in [0.717, 1.165) is 12.8 Å². The third kappa shape index (κ3) is 6.05. The minimum atomic E-state index is -1.46. The van der Waals surface area contributed by atoms with Gasteiger partial charge in [0.1, 0.15) is 23.7 Å². The molecule has 0 bridgehead atoms. The number of aliphatic hydroxyl groups excluding tert-OH is 1. The van der Waals surface area contributed by atoms with E-state index in [2.05, 4.69) is 12.2 Å². The smallest absolute Gasteiger partial charge is 0.313 e. The highest BCUT2D eigenvalue weighted by atomic mass is 16.6. The van der Waals surface area contributed by atoms with E-state index in [0.29, 0.717) is 18.5 Å². The van der Waals surface area contributed by atoms with E-state index in [1.165, 1.54) is 12.0 Å². The molecular weight excluding hydrogens is 578 g/mol. The molecule has 2 saturated heterocycles. The van der Waals surface area contributed by atoms with Gasteiger partial charge in [0.2, 0.25) is 17.7 Å². The van der Waals surface area contributed by atoms with Crippen LogP contribution in [0.4, 0.5) is 0 Å². The molecule has 0 aliphatic carbocycles. The monoisotopic (exact) mass is 623 g/mol. The van der Waals surface area contributed by atoms with E-state index in [9.17, 15) is 24.3 Å². The minimum Gasteiger partial charge on any atom is -0.455 e. The van der Waals surface area contributed by atoms with Crippen LogP contribution in [0, 0.1) is 11.8 Å². The van der Waals surface area contributed by atoms with Crippen LogP contribution in [-0.2, 0) is 33.4 Å². The van der Waals surface area contributed by atoms with Gasteiger partial charge in [0, 0.05) is 26.1 Å². The zero-order valence-electron chi connectivity index (χ0n) is 26.5. The van der Waals surface area contributed by atoms with Gasteiger partial charge in [0.25, 0.3) is 0 Å². The fourth-order valence-electron chi connectivity index (χ4n) is 7.38. The number of methoxy groups -OCH3 is 1. The van der Waals surface area contributed by atoms with Crippen LogP contribution in [0.5, 0.6) is 0 Å². The third-order valence-corrected chi connectivity index (χ3v) is 9.51. The van der Waals surface area contributed by atoms with Gasteiger partial charge in [0.15, 0.2) is 0 Å². The van der Waals surface area contributed by atoms with Crippen LogP contribution in [0.15, 0.2) is 54.6 Å². The van der Waals surface area contributed by atoms with Crippen LogP contribution in [-0.4, -0.2) is 101 Å². The van der Waals surface area contributed by atoms with Gasteiger partial charge in [-0.1, -0.05) is 68.0 Å². The number of cyclic esters (lactones) is 1. The lowest BCUT2D eigenvalue weighted by Gasteiger charge is -2.39. The summed E-state index contributed by atoms with van der Waals surface area (Å²) in [6, 6.07) is 6.54. The molecule has 3 amide bonds. The number of hydrogen-bond donors (Lipinski definition) is 2. The fourth-order valence-corrected chi connectivity index (χ4v) is 7.38. The third-order valence-electron chi connectivity index (χ3n) is 9.51. The molecule has 4 heterocycles. The summed E-state index contributed by atoms with van der Waals surface area (Å²) in [6.45, 7) is 5.78. The second-order valence-corrected chi connectivity index (χ2v) is 12.5. The lowest BCUT2D eigenvalue weighted by Crippen LogP contribution is -2.58. The zero-order valence-corrected chi connectivity index (χ0v) is 26.5. The number of fused-ring (bicyclic) bond motifs is 2. The molecule has 1 aromatic rings. The molecule has 4 aliphatic heterocycles. The molecule has 1 spiro atoms. The van der Waals surface area contributed by atoms with Gasteiger partial charge >= 0.3 is 5.97 Å². The maximum atomic E-state index is 14.5. The van der Waals surface area contributed by atoms with Crippen molar-refractivity contribution in [1.29, 1.82) is 0 Å². The van der Waals surface area contributed by atoms with E-state index in [-0.39, 0.29) is 37.5 Å². The Labute approximate surface area is 264 Å². The molecule has 1 aromatic carbocycles. The van der Waals surface area contributed by atoms with Crippen molar-refractivity contribution in [3.63, 3.8) is 0 Å². The Kier molecular flexibility index (Phi) is 10.1. The number of likely N-dealkylation sites (tertiary alicyclic amines) is 1. The lowest BCUT2D eigenvalue weighted by molar-refractivity contribution is -0.163. The van der Waals surface area contributed by atoms with Crippen molar-refractivity contribution in [2.24, 2.45) is 11.8 Å². The molecular formula is C34H45N3O8. The number of benzene rings is 1. The van der Waals surface area contributed by atoms with Gasteiger partial charge in [-0.3, -0.25) is 19.2 Å². The topological polar surface area (TPSA) is 135 Å². The molecule has 2 N–H and O–H groups in total. The average molecular weight is 624 g/mol. The van der Waals surface area contributed by atoms with Gasteiger partial charge < -0.3 is 34.4 Å². The minimum absolute atomic E-state index is 0.0815. The van der Waals surface area contributed by atoms with E-state index < -0.39 is 59.6 Å². The molecule has 5 rings (SSSR count). The zero-order chi connectivity index (χ0) is 32.3. The number of carbonyl (C=O) groups excluding carboxylic acids is 4. The van der Waals surface area contributed by atoms with Gasteiger partial charge in [-0.25, -0.2) is 0 Å². The first kappa shape index (κ1) is 32.8. The Hall–Kier alpha value is -3.54. The Bertz CT molecular complexity index is 1320. The normalized spacial score (nSPS) is 34.0. The molecule has 0 aromatic heterocycles. The summed E-state index contributed by atoms with van der Waals surface area (Å²) in [5, 5.41) is 13.2. The van der Waals surface area contributed by atoms with Crippen molar-refractivity contribution >= 4 is 23.7 Å². The molecule has 0 saturated carbocycles. The van der Waals surface area contributed by atoms with Crippen molar-refractivity contribution in [3.05, 3.63) is 60.2 Å². The van der Waals surface area contributed by atoms with Gasteiger partial charge in [0.05, 0.1) is 37.3 Å². The van der Waals surface area contributed by atoms with Crippen LogP contribution in [0.25, 0.3) is 0 Å². The number of nitrogens with zero attached hydrogens (tertiary/aromatic N) is 2. The summed E-state index contributed by atoms with van der Waals surface area (Å²) in [7, 11) is 1.51. The fraction of sp³-hybridized carbons (Fsp3) is 0.588. The molecule has 244 valence electrons. The SMILES string of the molecule is CCCC(C)N1CC=C[C@]23O[C@@H]4/C=C\CCC(=O)N[C@H](COC)[C@@H](c5ccccc5)OC(=O)[C@@H]4[C@H]2C(=O)N([C@H](C)CO)[C@@H]3C1=O. The van der Waals surface area contributed by atoms with Crippen molar-refractivity contribution in [2.75, 3.05) is 26.9 Å². The maximum Gasteiger partial charge on any atom is 0.313 e. The lowest BCUT2D eigenvalue weighted by atomic mass is 9.77. The van der Waals surface area contributed by atoms with Crippen molar-refractivity contribution < 1.29 is 38.5 Å². The van der Waals surface area contributed by atoms with Crippen LogP contribution in [0.1, 0.15) is 58.1 Å². The number of carbonyl (C=O) groups is 4. The van der Waals surface area contributed by atoms with Gasteiger partial charge in [-0.15, -0.1) is 0 Å². The first-order chi connectivity index (χ1) is 21.7. The Balaban J connectivity index is 1.61. The summed E-state index contributed by atoms with van der Waals surface area (Å²) in [5.74, 6) is -3.77. The quantitative estimate of drug-likeness (QED) is 0.333. The largest absolute Gasteiger partial charge is 0.455 e. The van der Waals surface area contributed by atoms with E-state index in [1.54, 1.807) is 30.1 Å². The summed E-state index contributed by atoms with van der Waals surface area (Å²) in [4.78, 5) is 59.4. The first-order valence-electron chi connectivity index (χ1n) is 16.0. The van der Waals surface area contributed by atoms with E-state index in [1.807, 2.05) is 43.3 Å². The Morgan fingerprint density at radius 2 is 1.84 bits per heavy atom. The summed E-state index contributed by atoms with van der Waals surface area (Å²) < 4.78 is 18.4. The van der Waals surface area contributed by atoms with Crippen LogP contribution < -0.4 is 5.32 Å². The van der Waals surface area contributed by atoms with Crippen LogP contribution >= 0.6 is 0 Å². The number of ether oxygens (including phenoxy) is 3. The number of amides is 3. The molecule has 4 aliphatic rings. The predicted octanol–water partition coefficient (Wildman–Crippen LogP) is 2.30. The standard InChI is InChI=1S/C34H45N3O8/c1-5-12-21(2)36-18-11-17-34-28(31(40)37(22(3)19-38)30(34)32(36)41)27-25(45-34)15-9-10-16-26(39)35-24(20-43-4)29(44-33(27)42)23-13-7-6-8-14-23/h6-9,11,13-15,17,21-22,24-25,27-30,38H,5,10,12,16,18-20H2,1-4H3,(H,35,39)/b15-9-/t21?,22-,24-,25-,27+,28+,29-,30-,34+/m1/s1. The van der Waals surface area contributed by atoms with Gasteiger partial charge in [-0.05, 0) is 32.3 Å². The highest BCUT2D eigenvalue weighted by Gasteiger charge is 2.72. The molecule has 11 nitrogen and oxygen atoms in total. The summed E-state index contributed by atoms with van der Waals surface area (Å²) in [5.41, 5.74) is -0.804. The second-order valence-electron chi connectivity index (χ2n) is 12.5. The van der Waals surface area contributed by atoms with Gasteiger partial charge in [-0.2, -0.15) is 0 Å². The summed E-state index contributed by atoms with van der Waals surface area (Å²) >= 11 is 0. The van der Waals surface area contributed by atoms with E-state index in [4.69, 9.17) is 14.2 Å². The maximum absolute atomic E-state index is 14.5. The van der Waals surface area contributed by atoms with Crippen LogP contribution in [0.3, 0.4) is 0 Å². The number of nitrogens with one attached hydrogen (secondary N) is 1. The molecule has 2 fully saturated rings. The van der Waals surface area contributed by atoms with Crippen LogP contribution in [0.2, 0.25) is 0 Å². The van der Waals surface area contributed by atoms with E-state index >= 15 is 0 Å². The Morgan fingerprint density at radius 3 is 2.53 bits per heavy atom. The number of rotatable bonds is 8. The highest BCUT2D eigenvalue weighted by Crippen LogP contribution is 2.54. The second kappa shape index (κ2) is 13.8. The predicted molar refractivity (Wildman–Crippen MR) is 164 cm³/mol.